The Morgan fingerprint density at radius 1 is 0.900 bits per heavy atom. The van der Waals surface area contributed by atoms with Gasteiger partial charge in [0, 0.05) is 0 Å². The maximum atomic E-state index is 2.40. The van der Waals surface area contributed by atoms with Gasteiger partial charge in [-0.05, 0) is 0 Å². The predicted octanol–water partition coefficient (Wildman–Crippen LogP) is 3.71. The molecule has 0 aliphatic rings. The Kier molecular flexibility index (Phi) is 7.02. The summed E-state index contributed by atoms with van der Waals surface area (Å²) in [7, 11) is 0. The molecule has 0 aromatic rings. The summed E-state index contributed by atoms with van der Waals surface area (Å²) in [5.74, 6) is 0. The van der Waals surface area contributed by atoms with Gasteiger partial charge in [0.25, 0.3) is 0 Å². The molecule has 0 atom stereocenters. The first kappa shape index (κ1) is 10.8. The van der Waals surface area contributed by atoms with Crippen LogP contribution >= 0.6 is 0 Å². The van der Waals surface area contributed by atoms with Crippen LogP contribution in [0.2, 0.25) is 12.8 Å². The van der Waals surface area contributed by atoms with Crippen LogP contribution < -0.4 is 0 Å². The van der Waals surface area contributed by atoms with E-state index in [2.05, 4.69) is 27.7 Å². The van der Waals surface area contributed by atoms with Gasteiger partial charge in [0.1, 0.15) is 0 Å². The molecule has 0 aliphatic heterocycles. The Morgan fingerprint density at radius 2 is 1.30 bits per heavy atom. The van der Waals surface area contributed by atoms with Crippen LogP contribution in [0.15, 0.2) is 0 Å². The Morgan fingerprint density at radius 3 is 1.40 bits per heavy atom. The molecule has 0 aliphatic carbocycles. The quantitative estimate of drug-likeness (QED) is 0.650. The molecular formula is C9H21Sn. The van der Waals surface area contributed by atoms with E-state index in [9.17, 15) is 0 Å². The molecule has 0 saturated heterocycles. The van der Waals surface area contributed by atoms with Gasteiger partial charge in [0.2, 0.25) is 0 Å². The Hall–Kier alpha value is 0.799. The van der Waals surface area contributed by atoms with E-state index in [-0.39, 0.29) is 0 Å². The van der Waals surface area contributed by atoms with Crippen molar-refractivity contribution in [1.29, 1.82) is 0 Å². The summed E-state index contributed by atoms with van der Waals surface area (Å²) in [5, 5.41) is 0. The van der Waals surface area contributed by atoms with Gasteiger partial charge < -0.3 is 0 Å². The molecule has 0 saturated carbocycles. The van der Waals surface area contributed by atoms with E-state index in [0.717, 1.165) is 0 Å². The average molecular weight is 248 g/mol. The monoisotopic (exact) mass is 249 g/mol. The molecule has 1 heteroatoms. The summed E-state index contributed by atoms with van der Waals surface area (Å²) in [6.07, 6.45) is 2.90. The van der Waals surface area contributed by atoms with E-state index in [1.165, 1.54) is 16.8 Å². The van der Waals surface area contributed by atoms with E-state index in [1.54, 1.807) is 8.87 Å². The van der Waals surface area contributed by atoms with Gasteiger partial charge in [-0.2, -0.15) is 0 Å². The standard InChI is InChI=1S/C5H11.2C2H5.Sn/c1-3-5-4-2;2*1-2;/h5H,3-4H2,1-2H3;2*1H2,2H3;. The fourth-order valence-corrected chi connectivity index (χ4v) is 9.71. The zero-order valence-electron chi connectivity index (χ0n) is 7.91. The van der Waals surface area contributed by atoms with Crippen LogP contribution in [0.4, 0.5) is 0 Å². The number of rotatable bonds is 5. The van der Waals surface area contributed by atoms with Crippen LogP contribution in [0.1, 0.15) is 40.5 Å². The van der Waals surface area contributed by atoms with Gasteiger partial charge in [0.15, 0.2) is 0 Å². The molecule has 0 nitrogen and oxygen atoms in total. The number of hydrogen-bond donors (Lipinski definition) is 0. The molecule has 0 aromatic heterocycles. The summed E-state index contributed by atoms with van der Waals surface area (Å²) in [4.78, 5) is 0. The van der Waals surface area contributed by atoms with Gasteiger partial charge in [0.05, 0.1) is 0 Å². The maximum absolute atomic E-state index is 2.40. The second-order valence-corrected chi connectivity index (χ2v) is 13.0. The molecule has 1 radical (unpaired) electrons. The van der Waals surface area contributed by atoms with Crippen LogP contribution in [-0.2, 0) is 0 Å². The molecular weight excluding hydrogens is 227 g/mol. The average Bonchev–Trinajstić information content (AvgIpc) is 2.00. The van der Waals surface area contributed by atoms with Crippen LogP contribution in [0, 0.1) is 0 Å². The van der Waals surface area contributed by atoms with Gasteiger partial charge in [-0.15, -0.1) is 0 Å². The van der Waals surface area contributed by atoms with E-state index in [4.69, 9.17) is 0 Å². The van der Waals surface area contributed by atoms with Crippen molar-refractivity contribution in [1.82, 2.24) is 0 Å². The second kappa shape index (κ2) is 6.51. The fourth-order valence-electron chi connectivity index (χ4n) is 1.69. The van der Waals surface area contributed by atoms with Crippen molar-refractivity contribution < 1.29 is 0 Å². The topological polar surface area (TPSA) is 0 Å². The summed E-state index contributed by atoms with van der Waals surface area (Å²) in [6, 6.07) is 0. The van der Waals surface area contributed by atoms with Gasteiger partial charge in [-0.1, -0.05) is 0 Å². The Balaban J connectivity index is 3.70. The van der Waals surface area contributed by atoms with Crippen molar-refractivity contribution in [2.24, 2.45) is 0 Å². The zero-order valence-corrected chi connectivity index (χ0v) is 10.8. The van der Waals surface area contributed by atoms with E-state index in [1.807, 2.05) is 0 Å². The van der Waals surface area contributed by atoms with E-state index < -0.39 is 19.8 Å². The van der Waals surface area contributed by atoms with Crippen LogP contribution in [0.25, 0.3) is 0 Å². The van der Waals surface area contributed by atoms with E-state index in [0.29, 0.717) is 0 Å². The second-order valence-electron chi connectivity index (χ2n) is 2.88. The molecule has 0 spiro atoms. The van der Waals surface area contributed by atoms with Gasteiger partial charge in [-0.25, -0.2) is 0 Å². The predicted molar refractivity (Wildman–Crippen MR) is 51.0 cm³/mol. The number of hydrogen-bond acceptors (Lipinski definition) is 0. The minimum atomic E-state index is -0.843. The van der Waals surface area contributed by atoms with Crippen LogP contribution in [-0.4, -0.2) is 19.8 Å². The third-order valence-corrected chi connectivity index (χ3v) is 13.3. The third-order valence-electron chi connectivity index (χ3n) is 2.47. The molecule has 0 rings (SSSR count). The van der Waals surface area contributed by atoms with Crippen LogP contribution in [0.5, 0.6) is 0 Å². The van der Waals surface area contributed by atoms with Crippen molar-refractivity contribution in [3.8, 4) is 0 Å². The van der Waals surface area contributed by atoms with Gasteiger partial charge >= 0.3 is 73.1 Å². The van der Waals surface area contributed by atoms with E-state index >= 15 is 0 Å². The third kappa shape index (κ3) is 3.27. The minimum absolute atomic E-state index is 0.843. The van der Waals surface area contributed by atoms with Crippen molar-refractivity contribution in [2.45, 2.75) is 53.3 Å². The molecule has 0 heterocycles. The molecule has 61 valence electrons. The molecule has 0 unspecified atom stereocenters. The Labute approximate surface area is 73.1 Å². The molecule has 0 amide bonds. The SMILES string of the molecule is CC[CH](CC)[Sn]([CH2]C)[CH2]C. The summed E-state index contributed by atoms with van der Waals surface area (Å²) in [5.41, 5.74) is 0. The van der Waals surface area contributed by atoms with Crippen molar-refractivity contribution >= 4 is 19.8 Å². The first-order chi connectivity index (χ1) is 4.79. The van der Waals surface area contributed by atoms with Crippen LogP contribution in [0.3, 0.4) is 0 Å². The van der Waals surface area contributed by atoms with Crippen molar-refractivity contribution in [2.75, 3.05) is 0 Å². The zero-order chi connectivity index (χ0) is 7.98. The summed E-state index contributed by atoms with van der Waals surface area (Å²) in [6.45, 7) is 9.52. The fraction of sp³-hybridized carbons (Fsp3) is 1.00. The Bertz CT molecular complexity index is 53.1. The van der Waals surface area contributed by atoms with Crippen molar-refractivity contribution in [3.63, 3.8) is 0 Å². The molecule has 0 fully saturated rings. The first-order valence-electron chi connectivity index (χ1n) is 4.64. The molecule has 0 aromatic carbocycles. The molecule has 0 bridgehead atoms. The molecule has 10 heavy (non-hydrogen) atoms. The van der Waals surface area contributed by atoms with Gasteiger partial charge in [-0.3, -0.25) is 0 Å². The normalized spacial score (nSPS) is 11.4. The summed E-state index contributed by atoms with van der Waals surface area (Å²) < 4.78 is 4.30. The van der Waals surface area contributed by atoms with Crippen molar-refractivity contribution in [3.05, 3.63) is 0 Å². The molecule has 0 N–H and O–H groups in total. The first-order valence-corrected chi connectivity index (χ1v) is 10.3. The summed E-state index contributed by atoms with van der Waals surface area (Å²) >= 11 is -0.843.